The van der Waals surface area contributed by atoms with Crippen LogP contribution in [-0.2, 0) is 4.79 Å². The van der Waals surface area contributed by atoms with Gasteiger partial charge in [-0.2, -0.15) is 0 Å². The van der Waals surface area contributed by atoms with Crippen LogP contribution in [0.1, 0.15) is 32.1 Å². The number of nitrogens with two attached hydrogens (primary N) is 1. The molecule has 2 aromatic carbocycles. The number of fused-ring (bicyclic) bond motifs is 2. The van der Waals surface area contributed by atoms with Gasteiger partial charge in [-0.25, -0.2) is 9.97 Å². The van der Waals surface area contributed by atoms with Crippen molar-refractivity contribution in [3.05, 3.63) is 72.8 Å². The lowest BCUT2D eigenvalue weighted by Crippen LogP contribution is -2.38. The van der Waals surface area contributed by atoms with Crippen LogP contribution in [0.5, 0.6) is 11.5 Å². The molecule has 1 aliphatic carbocycles. The molecule has 3 heterocycles. The third-order valence-electron chi connectivity index (χ3n) is 7.10. The van der Waals surface area contributed by atoms with Gasteiger partial charge in [0.1, 0.15) is 34.4 Å². The standard InChI is InChI=1S/C28H25N5O2/c1-3-7-23(34)33-17(2)21-16-22(21)25(33)28-31-24(26-27(29)30-14-15-32(26)28)18-10-12-20(13-11-18)35-19-8-5-4-6-9-19/h4-6,8-15,17,21-22,25H,16H2,1-2H3,(H2,29,30)/t17-,21?,22-,25-/m0/s1. The fraction of sp³-hybridized carbons (Fsp3) is 0.250. The number of carbonyl (C=O) groups is 1. The third kappa shape index (κ3) is 3.50. The Morgan fingerprint density at radius 3 is 2.57 bits per heavy atom. The summed E-state index contributed by atoms with van der Waals surface area (Å²) < 4.78 is 7.93. The highest BCUT2D eigenvalue weighted by Crippen LogP contribution is 2.59. The number of amides is 1. The number of para-hydroxylation sites is 1. The summed E-state index contributed by atoms with van der Waals surface area (Å²) in [5.41, 5.74) is 8.73. The second-order valence-corrected chi connectivity index (χ2v) is 9.13. The molecule has 7 heteroatoms. The van der Waals surface area contributed by atoms with E-state index in [1.807, 2.05) is 70.1 Å². The van der Waals surface area contributed by atoms with Crippen LogP contribution in [0.15, 0.2) is 67.0 Å². The number of imidazole rings is 1. The lowest BCUT2D eigenvalue weighted by Gasteiger charge is -2.29. The minimum absolute atomic E-state index is 0.128. The quantitative estimate of drug-likeness (QED) is 0.443. The number of anilines is 1. The Morgan fingerprint density at radius 1 is 1.09 bits per heavy atom. The zero-order valence-corrected chi connectivity index (χ0v) is 19.6. The third-order valence-corrected chi connectivity index (χ3v) is 7.10. The van der Waals surface area contributed by atoms with Crippen LogP contribution in [-0.4, -0.2) is 31.2 Å². The number of ether oxygens (including phenoxy) is 1. The Kier molecular flexibility index (Phi) is 4.96. The summed E-state index contributed by atoms with van der Waals surface area (Å²) in [7, 11) is 0. The molecule has 4 aromatic rings. The Morgan fingerprint density at radius 2 is 1.83 bits per heavy atom. The summed E-state index contributed by atoms with van der Waals surface area (Å²) in [6, 6.07) is 17.4. The van der Waals surface area contributed by atoms with Gasteiger partial charge in [-0.1, -0.05) is 24.1 Å². The predicted molar refractivity (Wildman–Crippen MR) is 133 cm³/mol. The Hall–Kier alpha value is -4.31. The molecule has 2 aliphatic rings. The second kappa shape index (κ2) is 8.17. The predicted octanol–water partition coefficient (Wildman–Crippen LogP) is 4.70. The number of rotatable bonds is 4. The summed E-state index contributed by atoms with van der Waals surface area (Å²) in [4.78, 5) is 24.2. The van der Waals surface area contributed by atoms with Crippen LogP contribution < -0.4 is 10.5 Å². The first-order valence-electron chi connectivity index (χ1n) is 11.8. The topological polar surface area (TPSA) is 85.8 Å². The maximum atomic E-state index is 12.9. The van der Waals surface area contributed by atoms with Gasteiger partial charge in [0.25, 0.3) is 5.91 Å². The van der Waals surface area contributed by atoms with Gasteiger partial charge in [0.15, 0.2) is 0 Å². The number of carbonyl (C=O) groups excluding carboxylic acids is 1. The van der Waals surface area contributed by atoms with Crippen LogP contribution in [0.2, 0.25) is 0 Å². The van der Waals surface area contributed by atoms with Gasteiger partial charge in [0.05, 0.1) is 6.04 Å². The summed E-state index contributed by atoms with van der Waals surface area (Å²) in [5.74, 6) is 8.90. The van der Waals surface area contributed by atoms with Crippen molar-refractivity contribution in [3.8, 4) is 34.6 Å². The van der Waals surface area contributed by atoms with E-state index in [9.17, 15) is 4.79 Å². The zero-order chi connectivity index (χ0) is 24.1. The number of nitrogens with zero attached hydrogens (tertiary/aromatic N) is 4. The first-order valence-corrected chi connectivity index (χ1v) is 11.8. The van der Waals surface area contributed by atoms with Crippen molar-refractivity contribution in [2.24, 2.45) is 11.8 Å². The highest BCUT2D eigenvalue weighted by Gasteiger charge is 2.60. The first kappa shape index (κ1) is 21.2. The number of benzene rings is 2. The molecule has 1 amide bonds. The van der Waals surface area contributed by atoms with E-state index in [1.54, 1.807) is 13.1 Å². The normalized spacial score (nSPS) is 22.4. The van der Waals surface area contributed by atoms with Crippen molar-refractivity contribution < 1.29 is 9.53 Å². The van der Waals surface area contributed by atoms with Gasteiger partial charge < -0.3 is 15.4 Å². The molecule has 35 heavy (non-hydrogen) atoms. The molecule has 2 fully saturated rings. The van der Waals surface area contributed by atoms with Crippen molar-refractivity contribution in [1.82, 2.24) is 19.3 Å². The SMILES string of the molecule is CC#CC(=O)N1[C@H](c2nc(-c3ccc(Oc4ccccc4)cc3)c3c(N)nccn23)[C@H]2CC2[C@@H]1C. The monoisotopic (exact) mass is 463 g/mol. The number of hydrogen-bond donors (Lipinski definition) is 1. The van der Waals surface area contributed by atoms with Gasteiger partial charge in [-0.3, -0.25) is 9.20 Å². The first-order chi connectivity index (χ1) is 17.1. The highest BCUT2D eigenvalue weighted by molar-refractivity contribution is 5.94. The minimum Gasteiger partial charge on any atom is -0.457 e. The molecule has 1 saturated carbocycles. The zero-order valence-electron chi connectivity index (χ0n) is 19.6. The number of hydrogen-bond acceptors (Lipinski definition) is 5. The van der Waals surface area contributed by atoms with E-state index in [4.69, 9.17) is 15.5 Å². The summed E-state index contributed by atoms with van der Waals surface area (Å²) in [6.07, 6.45) is 4.64. The molecule has 1 aliphatic heterocycles. The lowest BCUT2D eigenvalue weighted by molar-refractivity contribution is -0.128. The van der Waals surface area contributed by atoms with Crippen LogP contribution in [0.25, 0.3) is 16.8 Å². The van der Waals surface area contributed by atoms with E-state index in [1.165, 1.54) is 0 Å². The highest BCUT2D eigenvalue weighted by atomic mass is 16.5. The van der Waals surface area contributed by atoms with Crippen LogP contribution in [0.4, 0.5) is 5.82 Å². The fourth-order valence-corrected chi connectivity index (χ4v) is 5.42. The molecule has 1 saturated heterocycles. The number of piperidine rings is 1. The lowest BCUT2D eigenvalue weighted by atomic mass is 10.1. The van der Waals surface area contributed by atoms with E-state index in [0.29, 0.717) is 17.7 Å². The Balaban J connectivity index is 1.42. The number of aromatic nitrogens is 3. The van der Waals surface area contributed by atoms with Crippen LogP contribution in [0, 0.1) is 23.7 Å². The molecular weight excluding hydrogens is 438 g/mol. The van der Waals surface area contributed by atoms with Crippen LogP contribution >= 0.6 is 0 Å². The van der Waals surface area contributed by atoms with E-state index in [0.717, 1.165) is 40.5 Å². The van der Waals surface area contributed by atoms with Crippen molar-refractivity contribution in [2.75, 3.05) is 5.73 Å². The molecule has 2 N–H and O–H groups in total. The maximum absolute atomic E-state index is 12.9. The van der Waals surface area contributed by atoms with Gasteiger partial charge in [-0.15, -0.1) is 0 Å². The molecule has 174 valence electrons. The smallest absolute Gasteiger partial charge is 0.299 e. The summed E-state index contributed by atoms with van der Waals surface area (Å²) in [5, 5.41) is 0. The average Bonchev–Trinajstić information content (AvgIpc) is 3.48. The van der Waals surface area contributed by atoms with E-state index < -0.39 is 0 Å². The molecule has 7 nitrogen and oxygen atoms in total. The molecule has 0 spiro atoms. The molecular formula is C28H25N5O2. The molecule has 1 unspecified atom stereocenters. The summed E-state index contributed by atoms with van der Waals surface area (Å²) in [6.45, 7) is 3.80. The van der Waals surface area contributed by atoms with E-state index in [2.05, 4.69) is 23.7 Å². The van der Waals surface area contributed by atoms with Crippen molar-refractivity contribution in [2.45, 2.75) is 32.4 Å². The summed E-state index contributed by atoms with van der Waals surface area (Å²) >= 11 is 0. The van der Waals surface area contributed by atoms with Gasteiger partial charge >= 0.3 is 0 Å². The van der Waals surface area contributed by atoms with Gasteiger partial charge in [-0.05, 0) is 74.4 Å². The van der Waals surface area contributed by atoms with Crippen molar-refractivity contribution >= 4 is 17.2 Å². The van der Waals surface area contributed by atoms with Crippen molar-refractivity contribution in [1.29, 1.82) is 0 Å². The van der Waals surface area contributed by atoms with E-state index in [-0.39, 0.29) is 18.0 Å². The fourth-order valence-electron chi connectivity index (χ4n) is 5.42. The molecule has 4 atom stereocenters. The number of nitrogen functional groups attached to an aromatic ring is 1. The molecule has 0 radical (unpaired) electrons. The van der Waals surface area contributed by atoms with E-state index >= 15 is 0 Å². The molecule has 6 rings (SSSR count). The Bertz CT molecular complexity index is 1480. The van der Waals surface area contributed by atoms with Gasteiger partial charge in [0, 0.05) is 24.0 Å². The van der Waals surface area contributed by atoms with Gasteiger partial charge in [0.2, 0.25) is 0 Å². The molecule has 0 bridgehead atoms. The average molecular weight is 464 g/mol. The van der Waals surface area contributed by atoms with Crippen LogP contribution in [0.3, 0.4) is 0 Å². The molecule has 2 aromatic heterocycles. The van der Waals surface area contributed by atoms with Crippen molar-refractivity contribution in [3.63, 3.8) is 0 Å². The maximum Gasteiger partial charge on any atom is 0.299 e. The Labute approximate surface area is 203 Å². The number of likely N-dealkylation sites (tertiary alicyclic amines) is 1. The minimum atomic E-state index is -0.153. The second-order valence-electron chi connectivity index (χ2n) is 9.13. The largest absolute Gasteiger partial charge is 0.457 e.